The largest absolute Gasteiger partial charge is 0.490 e. The number of halogens is 5. The molecule has 2 aromatic carbocycles. The number of carboxylic acids is 1. The monoisotopic (exact) mass is 567 g/mol. The highest BCUT2D eigenvalue weighted by Gasteiger charge is 2.38. The van der Waals surface area contributed by atoms with Crippen LogP contribution in [0.5, 0.6) is 0 Å². The molecule has 13 heteroatoms. The quantitative estimate of drug-likeness (QED) is 0.352. The van der Waals surface area contributed by atoms with Gasteiger partial charge in [0.15, 0.2) is 11.6 Å². The van der Waals surface area contributed by atoms with E-state index in [1.54, 1.807) is 19.0 Å². The molecule has 1 aliphatic rings. The van der Waals surface area contributed by atoms with Crippen molar-refractivity contribution in [3.8, 4) is 0 Å². The number of aliphatic carboxylic acids is 1. The van der Waals surface area contributed by atoms with Gasteiger partial charge in [-0.15, -0.1) is 0 Å². The number of benzene rings is 2. The molecular formula is C27H30F5N5O3. The Morgan fingerprint density at radius 3 is 2.12 bits per heavy atom. The van der Waals surface area contributed by atoms with Crippen LogP contribution in [0.25, 0.3) is 10.9 Å². The van der Waals surface area contributed by atoms with Crippen molar-refractivity contribution in [2.24, 2.45) is 5.92 Å². The normalized spacial score (nSPS) is 17.0. The molecule has 1 aliphatic carbocycles. The van der Waals surface area contributed by atoms with Gasteiger partial charge in [-0.2, -0.15) is 18.2 Å². The third kappa shape index (κ3) is 8.23. The van der Waals surface area contributed by atoms with Gasteiger partial charge in [0.2, 0.25) is 11.9 Å². The predicted molar refractivity (Wildman–Crippen MR) is 140 cm³/mol. The summed E-state index contributed by atoms with van der Waals surface area (Å²) in [6.45, 7) is 2.57. The number of carbonyl (C=O) groups excluding carboxylic acids is 1. The van der Waals surface area contributed by atoms with E-state index in [1.165, 1.54) is 5.56 Å². The Morgan fingerprint density at radius 2 is 1.57 bits per heavy atom. The highest BCUT2D eigenvalue weighted by molar-refractivity contribution is 5.90. The molecule has 40 heavy (non-hydrogen) atoms. The topological polar surface area (TPSA) is 107 Å². The predicted octanol–water partition coefficient (Wildman–Crippen LogP) is 5.20. The van der Waals surface area contributed by atoms with Crippen molar-refractivity contribution >= 4 is 34.5 Å². The summed E-state index contributed by atoms with van der Waals surface area (Å²) in [6.07, 6.45) is -1.94. The standard InChI is InChI=1S/C25H29F2N5O.C2HF3O2/c1-15-4-6-16(7-5-15)14-28-24(33)17-8-10-18(11-9-17)29-25-30-22-13-21(27)20(26)12-19(22)23(31-25)32(2)3;3-2(4,5)1(6)7/h4-7,12-13,17-18H,8-11,14H2,1-3H3,(H,28,33)(H,29,30,31);(H,6,7)/t17-,18+;. The molecule has 0 radical (unpaired) electrons. The van der Waals surface area contributed by atoms with Crippen LogP contribution in [0.2, 0.25) is 0 Å². The van der Waals surface area contributed by atoms with Crippen molar-refractivity contribution in [1.29, 1.82) is 0 Å². The van der Waals surface area contributed by atoms with Gasteiger partial charge in [0, 0.05) is 44.1 Å². The fraction of sp³-hybridized carbons (Fsp3) is 0.407. The number of fused-ring (bicyclic) bond motifs is 1. The fourth-order valence-electron chi connectivity index (χ4n) is 4.23. The molecule has 1 amide bonds. The first-order valence-corrected chi connectivity index (χ1v) is 12.5. The molecule has 0 unspecified atom stereocenters. The molecule has 0 aliphatic heterocycles. The van der Waals surface area contributed by atoms with Crippen molar-refractivity contribution in [3.63, 3.8) is 0 Å². The number of carboxylic acid groups (broad SMARTS) is 1. The van der Waals surface area contributed by atoms with Crippen LogP contribution >= 0.6 is 0 Å². The Balaban J connectivity index is 0.000000559. The second kappa shape index (κ2) is 12.9. The third-order valence-corrected chi connectivity index (χ3v) is 6.40. The third-order valence-electron chi connectivity index (χ3n) is 6.40. The minimum absolute atomic E-state index is 0.0135. The SMILES string of the molecule is Cc1ccc(CNC(=O)[C@H]2CC[C@@H](Nc3nc(N(C)C)c4cc(F)c(F)cc4n3)CC2)cc1.O=C(O)C(F)(F)F. The molecular weight excluding hydrogens is 537 g/mol. The van der Waals surface area contributed by atoms with Crippen molar-refractivity contribution in [2.75, 3.05) is 24.3 Å². The van der Waals surface area contributed by atoms with Crippen molar-refractivity contribution < 1.29 is 36.6 Å². The fourth-order valence-corrected chi connectivity index (χ4v) is 4.23. The average molecular weight is 568 g/mol. The van der Waals surface area contributed by atoms with E-state index >= 15 is 0 Å². The zero-order valence-electron chi connectivity index (χ0n) is 22.1. The summed E-state index contributed by atoms with van der Waals surface area (Å²) in [6, 6.07) is 10.5. The number of aryl methyl sites for hydroxylation is 1. The number of nitrogens with zero attached hydrogens (tertiary/aromatic N) is 3. The van der Waals surface area contributed by atoms with Crippen LogP contribution < -0.4 is 15.5 Å². The minimum atomic E-state index is -5.08. The molecule has 1 fully saturated rings. The molecule has 0 bridgehead atoms. The van der Waals surface area contributed by atoms with Crippen LogP contribution in [-0.4, -0.2) is 53.3 Å². The number of alkyl halides is 3. The molecule has 1 saturated carbocycles. The number of hydrogen-bond donors (Lipinski definition) is 3. The van der Waals surface area contributed by atoms with Crippen LogP contribution in [0.3, 0.4) is 0 Å². The van der Waals surface area contributed by atoms with Crippen molar-refractivity contribution in [1.82, 2.24) is 15.3 Å². The van der Waals surface area contributed by atoms with Gasteiger partial charge in [0.05, 0.1) is 5.52 Å². The Morgan fingerprint density at radius 1 is 1.00 bits per heavy atom. The second-order valence-electron chi connectivity index (χ2n) is 9.75. The van der Waals surface area contributed by atoms with E-state index in [2.05, 4.69) is 20.6 Å². The number of nitrogens with one attached hydrogen (secondary N) is 2. The molecule has 3 N–H and O–H groups in total. The second-order valence-corrected chi connectivity index (χ2v) is 9.75. The lowest BCUT2D eigenvalue weighted by molar-refractivity contribution is -0.192. The maximum Gasteiger partial charge on any atom is 0.490 e. The van der Waals surface area contributed by atoms with Crippen LogP contribution in [0.4, 0.5) is 33.7 Å². The van der Waals surface area contributed by atoms with E-state index in [1.807, 2.05) is 31.2 Å². The number of rotatable bonds is 6. The zero-order chi connectivity index (χ0) is 29.6. The molecule has 1 aromatic heterocycles. The molecule has 8 nitrogen and oxygen atoms in total. The highest BCUT2D eigenvalue weighted by Crippen LogP contribution is 2.29. The van der Waals surface area contributed by atoms with Gasteiger partial charge in [-0.3, -0.25) is 4.79 Å². The summed E-state index contributed by atoms with van der Waals surface area (Å²) in [5, 5.41) is 14.0. The van der Waals surface area contributed by atoms with E-state index in [0.717, 1.165) is 43.4 Å². The van der Waals surface area contributed by atoms with Crippen LogP contribution in [0.1, 0.15) is 36.8 Å². The van der Waals surface area contributed by atoms with E-state index in [9.17, 15) is 26.7 Å². The summed E-state index contributed by atoms with van der Waals surface area (Å²) in [7, 11) is 3.60. The number of anilines is 2. The van der Waals surface area contributed by atoms with Crippen LogP contribution in [-0.2, 0) is 16.1 Å². The average Bonchev–Trinajstić information content (AvgIpc) is 2.89. The Hall–Kier alpha value is -4.03. The number of carbonyl (C=O) groups is 2. The lowest BCUT2D eigenvalue weighted by atomic mass is 9.85. The van der Waals surface area contributed by atoms with E-state index in [4.69, 9.17) is 9.90 Å². The number of aromatic nitrogens is 2. The van der Waals surface area contributed by atoms with Gasteiger partial charge in [0.25, 0.3) is 0 Å². The number of hydrogen-bond acceptors (Lipinski definition) is 6. The Labute approximate surface area is 227 Å². The molecule has 3 aromatic rings. The van der Waals surface area contributed by atoms with Gasteiger partial charge < -0.3 is 20.6 Å². The molecule has 0 spiro atoms. The first-order valence-electron chi connectivity index (χ1n) is 12.5. The first kappa shape index (κ1) is 30.5. The Bertz CT molecular complexity index is 1340. The zero-order valence-corrected chi connectivity index (χ0v) is 22.1. The van der Waals surface area contributed by atoms with E-state index in [0.29, 0.717) is 29.2 Å². The van der Waals surface area contributed by atoms with Gasteiger partial charge in [-0.25, -0.2) is 18.6 Å². The molecule has 1 heterocycles. The van der Waals surface area contributed by atoms with Gasteiger partial charge in [0.1, 0.15) is 5.82 Å². The maximum absolute atomic E-state index is 13.8. The van der Waals surface area contributed by atoms with E-state index < -0.39 is 23.8 Å². The lowest BCUT2D eigenvalue weighted by Gasteiger charge is -2.28. The summed E-state index contributed by atoms with van der Waals surface area (Å²) in [4.78, 5) is 32.2. The molecule has 4 rings (SSSR count). The van der Waals surface area contributed by atoms with Gasteiger partial charge >= 0.3 is 12.1 Å². The summed E-state index contributed by atoms with van der Waals surface area (Å²) >= 11 is 0. The van der Waals surface area contributed by atoms with Gasteiger partial charge in [-0.05, 0) is 44.2 Å². The smallest absolute Gasteiger partial charge is 0.475 e. The highest BCUT2D eigenvalue weighted by atomic mass is 19.4. The summed E-state index contributed by atoms with van der Waals surface area (Å²) in [5.74, 6) is -3.64. The lowest BCUT2D eigenvalue weighted by Crippen LogP contribution is -2.35. The number of amides is 1. The summed E-state index contributed by atoms with van der Waals surface area (Å²) < 4.78 is 59.2. The van der Waals surface area contributed by atoms with Crippen molar-refractivity contribution in [2.45, 2.75) is 51.4 Å². The first-order chi connectivity index (χ1) is 18.7. The van der Waals surface area contributed by atoms with Crippen molar-refractivity contribution in [3.05, 3.63) is 59.2 Å². The Kier molecular flexibility index (Phi) is 9.83. The van der Waals surface area contributed by atoms with E-state index in [-0.39, 0.29) is 17.9 Å². The van der Waals surface area contributed by atoms with Crippen LogP contribution in [0.15, 0.2) is 36.4 Å². The van der Waals surface area contributed by atoms with Gasteiger partial charge in [-0.1, -0.05) is 29.8 Å². The molecule has 0 atom stereocenters. The summed E-state index contributed by atoms with van der Waals surface area (Å²) in [5.41, 5.74) is 2.63. The minimum Gasteiger partial charge on any atom is -0.475 e. The molecule has 216 valence electrons. The maximum atomic E-state index is 13.8. The molecule has 0 saturated heterocycles. The van der Waals surface area contributed by atoms with Crippen LogP contribution in [0, 0.1) is 24.5 Å².